The molecule has 4 heavy (non-hydrogen) atoms. The van der Waals surface area contributed by atoms with E-state index < -0.39 is 17.1 Å². The van der Waals surface area contributed by atoms with Gasteiger partial charge in [-0.1, -0.05) is 0 Å². The third-order valence-electron chi connectivity index (χ3n) is 0.0645. The molecule has 0 aliphatic carbocycles. The fourth-order valence-corrected chi connectivity index (χ4v) is 0. The molecule has 17 valence electrons. The molecule has 0 bridgehead atoms. The van der Waals surface area contributed by atoms with Crippen molar-refractivity contribution in [3.63, 3.8) is 0 Å². The van der Waals surface area contributed by atoms with Crippen molar-refractivity contribution < 1.29 is 20.7 Å². The van der Waals surface area contributed by atoms with Crippen LogP contribution in [0.25, 0.3) is 0 Å². The minimum absolute atomic E-state index is 1.56. The summed E-state index contributed by atoms with van der Waals surface area (Å²) in [4.78, 5) is 0. The summed E-state index contributed by atoms with van der Waals surface area (Å²) in [5.41, 5.74) is 0. The van der Waals surface area contributed by atoms with Crippen molar-refractivity contribution in [1.29, 1.82) is 5.26 Å². The van der Waals surface area contributed by atoms with Crippen molar-refractivity contribution in [1.82, 2.24) is 0 Å². The molecule has 0 atom stereocenters. The second-order valence-corrected chi connectivity index (χ2v) is 1.57. The van der Waals surface area contributed by atoms with Crippen molar-refractivity contribution >= 4 is 0 Å². The molecule has 0 saturated heterocycles. The van der Waals surface area contributed by atoms with Gasteiger partial charge in [0.25, 0.3) is 0 Å². The fourth-order valence-electron chi connectivity index (χ4n) is 0. The molecule has 3 heteroatoms. The van der Waals surface area contributed by atoms with Crippen molar-refractivity contribution in [2.75, 3.05) is 0 Å². The Kier molecular flexibility index (Phi) is 2.85. The Hall–Kier alpha value is -0.0866. The molecule has 0 saturated carbocycles. The number of rotatable bonds is 0. The Labute approximate surface area is 31.3 Å². The van der Waals surface area contributed by atoms with Crippen LogP contribution in [0, 0.1) is 9.93 Å². The first kappa shape index (κ1) is 3.91. The third-order valence-corrected chi connectivity index (χ3v) is 0.335. The molecular formula is CNOZn. The predicted octanol–water partition coefficient (Wildman–Crippen LogP) is -0.105. The van der Waals surface area contributed by atoms with Gasteiger partial charge in [0.1, 0.15) is 0 Å². The van der Waals surface area contributed by atoms with Crippen LogP contribution in [0.5, 0.6) is 0 Å². The van der Waals surface area contributed by atoms with E-state index in [0.717, 1.165) is 0 Å². The van der Waals surface area contributed by atoms with Gasteiger partial charge < -0.3 is 0 Å². The molecule has 0 radical (unpaired) electrons. The summed E-state index contributed by atoms with van der Waals surface area (Å²) in [6, 6.07) is 0. The summed E-state index contributed by atoms with van der Waals surface area (Å²) in [6.07, 6.45) is 0. The van der Waals surface area contributed by atoms with E-state index in [2.05, 4.69) is 0 Å². The van der Waals surface area contributed by atoms with Gasteiger partial charge in [0.15, 0.2) is 0 Å². The summed E-state index contributed by atoms with van der Waals surface area (Å²) in [5, 5.41) is 7.40. The summed E-state index contributed by atoms with van der Waals surface area (Å²) < 4.78 is 10.7. The maximum absolute atomic E-state index is 9.12. The van der Waals surface area contributed by atoms with Crippen molar-refractivity contribution in [3.05, 3.63) is 0 Å². The SMILES string of the molecule is N#[C][Zn]=[O]. The van der Waals surface area contributed by atoms with E-state index in [4.69, 9.17) is 8.84 Å². The number of hydrogen-bond acceptors (Lipinski definition) is 2. The van der Waals surface area contributed by atoms with Gasteiger partial charge in [-0.2, -0.15) is 0 Å². The molecule has 0 spiro atoms. The van der Waals surface area contributed by atoms with Crippen molar-refractivity contribution in [2.24, 2.45) is 0 Å². The van der Waals surface area contributed by atoms with Gasteiger partial charge in [0.2, 0.25) is 0 Å². The van der Waals surface area contributed by atoms with Crippen LogP contribution in [-0.4, -0.2) is 0 Å². The van der Waals surface area contributed by atoms with Crippen LogP contribution < -0.4 is 0 Å². The average Bonchev–Trinajstić information content (AvgIpc) is 1.37. The summed E-state index contributed by atoms with van der Waals surface area (Å²) >= 11 is -1.83. The van der Waals surface area contributed by atoms with E-state index in [1.54, 1.807) is 4.66 Å². The monoisotopic (exact) mass is 106 g/mol. The van der Waals surface area contributed by atoms with E-state index >= 15 is 0 Å². The molecule has 0 aromatic carbocycles. The molecule has 0 amide bonds. The standard InChI is InChI=1S/CN.O.Zn/c1-2;;. The minimum atomic E-state index is -1.83. The van der Waals surface area contributed by atoms with Crippen LogP contribution >= 0.6 is 0 Å². The van der Waals surface area contributed by atoms with Gasteiger partial charge in [0, 0.05) is 0 Å². The molecule has 0 rings (SSSR count). The Bertz CT molecular complexity index is 53.5. The second kappa shape index (κ2) is 2.91. The van der Waals surface area contributed by atoms with E-state index in [0.29, 0.717) is 0 Å². The predicted molar refractivity (Wildman–Crippen MR) is 6.30 cm³/mol. The Morgan fingerprint density at radius 1 is 2.00 bits per heavy atom. The van der Waals surface area contributed by atoms with Crippen LogP contribution in [0.3, 0.4) is 0 Å². The third kappa shape index (κ3) is 1.91. The van der Waals surface area contributed by atoms with Crippen LogP contribution in [0.1, 0.15) is 0 Å². The Morgan fingerprint density at radius 2 is 2.25 bits per heavy atom. The molecule has 0 fully saturated rings. The zero-order chi connectivity index (χ0) is 3.41. The summed E-state index contributed by atoms with van der Waals surface area (Å²) in [6.45, 7) is 0. The number of hydrogen-bond donors (Lipinski definition) is 0. The van der Waals surface area contributed by atoms with Crippen LogP contribution in [0.2, 0.25) is 0 Å². The fraction of sp³-hybridized carbons (Fsp3) is 0. The zero-order valence-corrected chi connectivity index (χ0v) is 5.03. The van der Waals surface area contributed by atoms with Gasteiger partial charge in [-0.15, -0.1) is 0 Å². The first-order valence-electron chi connectivity index (χ1n) is 0.866. The molecule has 0 aliphatic heterocycles. The molecule has 0 aromatic rings. The molecule has 0 aromatic heterocycles. The van der Waals surface area contributed by atoms with Gasteiger partial charge in [-0.25, -0.2) is 0 Å². The molecule has 0 unspecified atom stereocenters. The number of nitriles is 1. The van der Waals surface area contributed by atoms with Crippen LogP contribution in [-0.2, 0) is 20.7 Å². The van der Waals surface area contributed by atoms with E-state index in [1.165, 1.54) is 0 Å². The van der Waals surface area contributed by atoms with Crippen molar-refractivity contribution in [3.8, 4) is 4.66 Å². The second-order valence-electron chi connectivity index (χ2n) is 0.302. The van der Waals surface area contributed by atoms with Gasteiger partial charge >= 0.3 is 30.6 Å². The van der Waals surface area contributed by atoms with Gasteiger partial charge in [-0.3, -0.25) is 0 Å². The van der Waals surface area contributed by atoms with Crippen molar-refractivity contribution in [2.45, 2.75) is 0 Å². The first-order chi connectivity index (χ1) is 1.91. The van der Waals surface area contributed by atoms with Gasteiger partial charge in [0.05, 0.1) is 0 Å². The van der Waals surface area contributed by atoms with Crippen LogP contribution in [0.15, 0.2) is 0 Å². The zero-order valence-electron chi connectivity index (χ0n) is 2.06. The molecule has 0 heterocycles. The Balaban J connectivity index is 2.92. The summed E-state index contributed by atoms with van der Waals surface area (Å²) in [5.74, 6) is 0. The maximum atomic E-state index is 9.12. The molecule has 0 aliphatic rings. The Morgan fingerprint density at radius 3 is 2.25 bits per heavy atom. The molecular weight excluding hydrogens is 107 g/mol. The quantitative estimate of drug-likeness (QED) is 0.406. The summed E-state index contributed by atoms with van der Waals surface area (Å²) in [7, 11) is 0. The van der Waals surface area contributed by atoms with E-state index in [-0.39, 0.29) is 0 Å². The van der Waals surface area contributed by atoms with Gasteiger partial charge in [-0.05, 0) is 0 Å². The molecule has 2 nitrogen and oxygen atoms in total. The normalized spacial score (nSPS) is 2.75. The van der Waals surface area contributed by atoms with E-state index in [1.807, 2.05) is 0 Å². The first-order valence-corrected chi connectivity index (χ1v) is 3.56. The van der Waals surface area contributed by atoms with E-state index in [9.17, 15) is 0 Å². The topological polar surface area (TPSA) is 40.9 Å². The average molecular weight is 107 g/mol. The van der Waals surface area contributed by atoms with Crippen LogP contribution in [0.4, 0.5) is 0 Å². The number of nitrogens with zero attached hydrogens (tertiary/aromatic N) is 1. The molecule has 0 N–H and O–H groups in total.